The highest BCUT2D eigenvalue weighted by molar-refractivity contribution is 6.07. The molecule has 0 saturated carbocycles. The lowest BCUT2D eigenvalue weighted by molar-refractivity contribution is 0.104. The Kier molecular flexibility index (Phi) is 9.97. The summed E-state index contributed by atoms with van der Waals surface area (Å²) in [6, 6.07) is 24.4. The van der Waals surface area contributed by atoms with Gasteiger partial charge in [-0.05, 0) is 53.3 Å². The van der Waals surface area contributed by atoms with E-state index in [1.165, 1.54) is 36.8 Å². The first-order chi connectivity index (χ1) is 16.2. The zero-order valence-corrected chi connectivity index (χ0v) is 20.1. The third-order valence-corrected chi connectivity index (χ3v) is 5.82. The Hall–Kier alpha value is -3.13. The van der Waals surface area contributed by atoms with Crippen LogP contribution in [0.4, 0.5) is 0 Å². The van der Waals surface area contributed by atoms with Crippen molar-refractivity contribution < 1.29 is 9.53 Å². The van der Waals surface area contributed by atoms with Crippen LogP contribution in [0.15, 0.2) is 78.9 Å². The molecule has 3 aromatic carbocycles. The number of ether oxygens (including phenoxy) is 1. The van der Waals surface area contributed by atoms with Crippen LogP contribution in [-0.2, 0) is 6.42 Å². The largest absolute Gasteiger partial charge is 0.494 e. The number of rotatable bonds is 13. The van der Waals surface area contributed by atoms with E-state index in [0.717, 1.165) is 42.7 Å². The van der Waals surface area contributed by atoms with Gasteiger partial charge in [0.1, 0.15) is 5.75 Å². The molecular weight excluding hydrogens is 404 g/mol. The van der Waals surface area contributed by atoms with Gasteiger partial charge in [-0.2, -0.15) is 0 Å². The highest BCUT2D eigenvalue weighted by atomic mass is 16.5. The molecule has 2 nitrogen and oxygen atoms in total. The minimum atomic E-state index is 0.00671. The van der Waals surface area contributed by atoms with Crippen molar-refractivity contribution in [3.05, 3.63) is 95.6 Å². The molecular formula is C31H36O2. The van der Waals surface area contributed by atoms with E-state index in [2.05, 4.69) is 38.1 Å². The van der Waals surface area contributed by atoms with Crippen LogP contribution < -0.4 is 4.74 Å². The molecule has 0 fully saturated rings. The highest BCUT2D eigenvalue weighted by Gasteiger charge is 2.04. The van der Waals surface area contributed by atoms with Gasteiger partial charge in [0.2, 0.25) is 0 Å². The molecule has 0 amide bonds. The molecule has 172 valence electrons. The molecule has 3 aromatic rings. The van der Waals surface area contributed by atoms with E-state index in [9.17, 15) is 4.79 Å². The number of benzene rings is 3. The van der Waals surface area contributed by atoms with Crippen LogP contribution >= 0.6 is 0 Å². The van der Waals surface area contributed by atoms with Gasteiger partial charge in [-0.1, -0.05) is 113 Å². The zero-order valence-electron chi connectivity index (χ0n) is 20.1. The lowest BCUT2D eigenvalue weighted by Crippen LogP contribution is -1.97. The summed E-state index contributed by atoms with van der Waals surface area (Å²) in [6.07, 6.45) is 11.9. The van der Waals surface area contributed by atoms with Gasteiger partial charge in [-0.25, -0.2) is 0 Å². The summed E-state index contributed by atoms with van der Waals surface area (Å²) in [4.78, 5) is 12.6. The Bertz CT molecular complexity index is 996. The summed E-state index contributed by atoms with van der Waals surface area (Å²) in [6.45, 7) is 5.18. The number of carbonyl (C=O) groups excluding carboxylic acids is 1. The Morgan fingerprint density at radius 1 is 0.727 bits per heavy atom. The predicted octanol–water partition coefficient (Wildman–Crippen LogP) is 8.55. The van der Waals surface area contributed by atoms with E-state index in [1.807, 2.05) is 54.6 Å². The van der Waals surface area contributed by atoms with Crippen molar-refractivity contribution in [2.75, 3.05) is 6.61 Å². The fourth-order valence-corrected chi connectivity index (χ4v) is 3.82. The first-order valence-corrected chi connectivity index (χ1v) is 12.3. The third-order valence-electron chi connectivity index (χ3n) is 5.82. The van der Waals surface area contributed by atoms with Crippen LogP contribution in [0.1, 0.15) is 73.9 Å². The summed E-state index contributed by atoms with van der Waals surface area (Å²) in [5, 5.41) is 0. The molecule has 0 aliphatic rings. The molecule has 0 atom stereocenters. The van der Waals surface area contributed by atoms with Gasteiger partial charge in [0, 0.05) is 5.56 Å². The second kappa shape index (κ2) is 13.4. The van der Waals surface area contributed by atoms with Crippen LogP contribution in [0, 0.1) is 0 Å². The first kappa shape index (κ1) is 24.5. The van der Waals surface area contributed by atoms with Gasteiger partial charge in [0.25, 0.3) is 0 Å². The maximum absolute atomic E-state index is 12.6. The number of allylic oxidation sites excluding steroid dienone is 1. The molecule has 0 radical (unpaired) electrons. The SMILES string of the molecule is CCCCCCCOc1ccc(C=CC(=O)c2ccc(-c3ccc(CCC)cc3)cc2)cc1. The van der Waals surface area contributed by atoms with Crippen LogP contribution in [0.3, 0.4) is 0 Å². The molecule has 0 saturated heterocycles. The van der Waals surface area contributed by atoms with Gasteiger partial charge in [0.15, 0.2) is 5.78 Å². The Morgan fingerprint density at radius 2 is 1.36 bits per heavy atom. The molecule has 0 bridgehead atoms. The molecule has 2 heteroatoms. The van der Waals surface area contributed by atoms with Gasteiger partial charge < -0.3 is 4.74 Å². The van der Waals surface area contributed by atoms with Gasteiger partial charge in [0.05, 0.1) is 6.61 Å². The second-order valence-corrected chi connectivity index (χ2v) is 8.55. The number of hydrogen-bond acceptors (Lipinski definition) is 2. The monoisotopic (exact) mass is 440 g/mol. The van der Waals surface area contributed by atoms with Crippen molar-refractivity contribution >= 4 is 11.9 Å². The summed E-state index contributed by atoms with van der Waals surface area (Å²) in [5.41, 5.74) is 5.34. The van der Waals surface area contributed by atoms with Crippen molar-refractivity contribution in [1.29, 1.82) is 0 Å². The maximum atomic E-state index is 12.6. The Labute approximate surface area is 199 Å². The molecule has 0 aliphatic heterocycles. The van der Waals surface area contributed by atoms with Crippen molar-refractivity contribution in [2.45, 2.75) is 58.8 Å². The standard InChI is InChI=1S/C31H36O2/c1-3-5-6-7-8-24-33-30-21-12-26(13-22-30)14-23-31(32)29-19-17-28(18-20-29)27-15-10-25(9-4-2)11-16-27/h10-23H,3-9,24H2,1-2H3. The third kappa shape index (κ3) is 8.05. The minimum Gasteiger partial charge on any atom is -0.494 e. The van der Waals surface area contributed by atoms with E-state index in [-0.39, 0.29) is 5.78 Å². The van der Waals surface area contributed by atoms with Crippen LogP contribution in [0.25, 0.3) is 17.2 Å². The van der Waals surface area contributed by atoms with Crippen molar-refractivity contribution in [3.8, 4) is 16.9 Å². The molecule has 0 N–H and O–H groups in total. The average Bonchev–Trinajstić information content (AvgIpc) is 2.86. The minimum absolute atomic E-state index is 0.00671. The Morgan fingerprint density at radius 3 is 2.00 bits per heavy atom. The molecule has 0 aliphatic carbocycles. The van der Waals surface area contributed by atoms with Crippen LogP contribution in [0.5, 0.6) is 5.75 Å². The molecule has 0 aromatic heterocycles. The maximum Gasteiger partial charge on any atom is 0.185 e. The van der Waals surface area contributed by atoms with Crippen LogP contribution in [0.2, 0.25) is 0 Å². The smallest absolute Gasteiger partial charge is 0.185 e. The van der Waals surface area contributed by atoms with E-state index in [0.29, 0.717) is 5.56 Å². The summed E-state index contributed by atoms with van der Waals surface area (Å²) in [5.74, 6) is 0.888. The number of aryl methyl sites for hydroxylation is 1. The molecule has 33 heavy (non-hydrogen) atoms. The van der Waals surface area contributed by atoms with Gasteiger partial charge in [-0.15, -0.1) is 0 Å². The lowest BCUT2D eigenvalue weighted by atomic mass is 10.00. The fraction of sp³-hybridized carbons (Fsp3) is 0.323. The average molecular weight is 441 g/mol. The highest BCUT2D eigenvalue weighted by Crippen LogP contribution is 2.21. The van der Waals surface area contributed by atoms with Crippen LogP contribution in [-0.4, -0.2) is 12.4 Å². The summed E-state index contributed by atoms with van der Waals surface area (Å²) < 4.78 is 5.81. The second-order valence-electron chi connectivity index (χ2n) is 8.55. The normalized spacial score (nSPS) is 11.1. The number of ketones is 1. The lowest BCUT2D eigenvalue weighted by Gasteiger charge is -2.06. The molecule has 0 spiro atoms. The van der Waals surface area contributed by atoms with Gasteiger partial charge in [-0.3, -0.25) is 4.79 Å². The van der Waals surface area contributed by atoms with Crippen molar-refractivity contribution in [1.82, 2.24) is 0 Å². The molecule has 0 unspecified atom stereocenters. The Balaban J connectivity index is 1.50. The van der Waals surface area contributed by atoms with E-state index in [1.54, 1.807) is 6.08 Å². The topological polar surface area (TPSA) is 26.3 Å². The molecule has 3 rings (SSSR count). The number of carbonyl (C=O) groups is 1. The van der Waals surface area contributed by atoms with E-state index >= 15 is 0 Å². The number of hydrogen-bond donors (Lipinski definition) is 0. The number of unbranched alkanes of at least 4 members (excludes halogenated alkanes) is 4. The summed E-state index contributed by atoms with van der Waals surface area (Å²) in [7, 11) is 0. The fourth-order valence-electron chi connectivity index (χ4n) is 3.82. The van der Waals surface area contributed by atoms with Crippen molar-refractivity contribution in [2.24, 2.45) is 0 Å². The predicted molar refractivity (Wildman–Crippen MR) is 140 cm³/mol. The van der Waals surface area contributed by atoms with Gasteiger partial charge >= 0.3 is 0 Å². The van der Waals surface area contributed by atoms with E-state index in [4.69, 9.17) is 4.74 Å². The summed E-state index contributed by atoms with van der Waals surface area (Å²) >= 11 is 0. The quantitative estimate of drug-likeness (QED) is 0.151. The van der Waals surface area contributed by atoms with Crippen molar-refractivity contribution in [3.63, 3.8) is 0 Å². The first-order valence-electron chi connectivity index (χ1n) is 12.3. The zero-order chi connectivity index (χ0) is 23.3. The molecule has 0 heterocycles. The van der Waals surface area contributed by atoms with E-state index < -0.39 is 0 Å².